The van der Waals surface area contributed by atoms with Crippen molar-refractivity contribution in [1.29, 1.82) is 0 Å². The second-order valence-corrected chi connectivity index (χ2v) is 5.80. The van der Waals surface area contributed by atoms with Crippen LogP contribution in [-0.4, -0.2) is 5.11 Å². The first-order chi connectivity index (χ1) is 5.82. The van der Waals surface area contributed by atoms with Gasteiger partial charge in [-0.3, -0.25) is 0 Å². The number of benzene rings is 1. The molecule has 0 spiro atoms. The molecule has 1 N–H and O–H groups in total. The van der Waals surface area contributed by atoms with Crippen molar-refractivity contribution < 1.29 is 5.11 Å². The Kier molecular flexibility index (Phi) is 8.08. The van der Waals surface area contributed by atoms with Crippen LogP contribution in [0.1, 0.15) is 26.3 Å². The molecule has 0 bridgehead atoms. The van der Waals surface area contributed by atoms with E-state index in [1.165, 1.54) is 0 Å². The van der Waals surface area contributed by atoms with E-state index in [1.807, 2.05) is 12.1 Å². The second kappa shape index (κ2) is 6.62. The summed E-state index contributed by atoms with van der Waals surface area (Å²) in [5.74, 6) is 0.329. The van der Waals surface area contributed by atoms with Gasteiger partial charge in [-0.15, -0.1) is 34.0 Å². The van der Waals surface area contributed by atoms with Crippen molar-refractivity contribution in [2.24, 2.45) is 0 Å². The SMILES string of the molecule is Br.Br.CC(C)(C)c1cc(Br)cc(Br)c1O. The first-order valence-corrected chi connectivity index (χ1v) is 5.59. The van der Waals surface area contributed by atoms with E-state index >= 15 is 0 Å². The maximum Gasteiger partial charge on any atom is 0.133 e. The smallest absolute Gasteiger partial charge is 0.133 e. The van der Waals surface area contributed by atoms with Crippen LogP contribution in [0.25, 0.3) is 0 Å². The van der Waals surface area contributed by atoms with Crippen molar-refractivity contribution in [3.8, 4) is 5.75 Å². The molecule has 5 heteroatoms. The van der Waals surface area contributed by atoms with E-state index in [4.69, 9.17) is 0 Å². The van der Waals surface area contributed by atoms with Gasteiger partial charge in [-0.2, -0.15) is 0 Å². The van der Waals surface area contributed by atoms with E-state index in [2.05, 4.69) is 52.6 Å². The van der Waals surface area contributed by atoms with Gasteiger partial charge in [0.2, 0.25) is 0 Å². The molecule has 88 valence electrons. The third-order valence-corrected chi connectivity index (χ3v) is 2.90. The summed E-state index contributed by atoms with van der Waals surface area (Å²) in [5, 5.41) is 9.79. The predicted molar refractivity (Wildman–Crippen MR) is 82.9 cm³/mol. The number of hydrogen-bond donors (Lipinski definition) is 1. The fourth-order valence-electron chi connectivity index (χ4n) is 1.14. The first-order valence-electron chi connectivity index (χ1n) is 4.01. The van der Waals surface area contributed by atoms with Gasteiger partial charge in [0.15, 0.2) is 0 Å². The third kappa shape index (κ3) is 4.75. The average molecular weight is 470 g/mol. The molecule has 1 aromatic carbocycles. The maximum atomic E-state index is 9.79. The molecule has 1 rings (SSSR count). The van der Waals surface area contributed by atoms with Crippen LogP contribution in [0, 0.1) is 0 Å². The van der Waals surface area contributed by atoms with Gasteiger partial charge < -0.3 is 5.11 Å². The Hall–Kier alpha value is 0.940. The van der Waals surface area contributed by atoms with E-state index in [9.17, 15) is 5.11 Å². The van der Waals surface area contributed by atoms with Crippen LogP contribution in [-0.2, 0) is 5.41 Å². The van der Waals surface area contributed by atoms with Crippen LogP contribution in [0.15, 0.2) is 21.1 Å². The Labute approximate surface area is 128 Å². The van der Waals surface area contributed by atoms with Crippen LogP contribution in [0.4, 0.5) is 0 Å². The van der Waals surface area contributed by atoms with Gasteiger partial charge in [0.25, 0.3) is 0 Å². The molecule has 0 saturated carbocycles. The molecule has 0 fully saturated rings. The summed E-state index contributed by atoms with van der Waals surface area (Å²) in [5.41, 5.74) is 0.893. The molecular formula is C10H14Br4O. The molecule has 0 aromatic heterocycles. The van der Waals surface area contributed by atoms with E-state index in [-0.39, 0.29) is 39.4 Å². The van der Waals surface area contributed by atoms with Gasteiger partial charge >= 0.3 is 0 Å². The van der Waals surface area contributed by atoms with Crippen LogP contribution in [0.5, 0.6) is 5.75 Å². The fraction of sp³-hybridized carbons (Fsp3) is 0.400. The van der Waals surface area contributed by atoms with Gasteiger partial charge in [-0.1, -0.05) is 36.7 Å². The molecule has 1 nitrogen and oxygen atoms in total. The maximum absolute atomic E-state index is 9.79. The topological polar surface area (TPSA) is 20.2 Å². The zero-order valence-electron chi connectivity index (χ0n) is 8.67. The zero-order valence-corrected chi connectivity index (χ0v) is 15.3. The number of aromatic hydroxyl groups is 1. The van der Waals surface area contributed by atoms with Crippen molar-refractivity contribution in [1.82, 2.24) is 0 Å². The third-order valence-electron chi connectivity index (χ3n) is 1.84. The van der Waals surface area contributed by atoms with Gasteiger partial charge in [-0.05, 0) is 33.5 Å². The molecule has 0 aliphatic carbocycles. The molecule has 15 heavy (non-hydrogen) atoms. The van der Waals surface area contributed by atoms with Gasteiger partial charge in [0, 0.05) is 10.0 Å². The summed E-state index contributed by atoms with van der Waals surface area (Å²) in [7, 11) is 0. The molecule has 0 atom stereocenters. The first kappa shape index (κ1) is 18.3. The lowest BCUT2D eigenvalue weighted by atomic mass is 9.86. The lowest BCUT2D eigenvalue weighted by Crippen LogP contribution is -2.11. The van der Waals surface area contributed by atoms with Gasteiger partial charge in [0.05, 0.1) is 4.47 Å². The lowest BCUT2D eigenvalue weighted by molar-refractivity contribution is 0.443. The van der Waals surface area contributed by atoms with Crippen molar-refractivity contribution in [3.05, 3.63) is 26.6 Å². The highest BCUT2D eigenvalue weighted by atomic mass is 79.9. The predicted octanol–water partition coefficient (Wildman–Crippen LogP) is 5.37. The summed E-state index contributed by atoms with van der Waals surface area (Å²) >= 11 is 6.71. The standard InChI is InChI=1S/C10H12Br2O.2BrH/c1-10(2,3)7-4-6(11)5-8(12)9(7)13;;/h4-5,13H,1-3H3;2*1H. The highest BCUT2D eigenvalue weighted by molar-refractivity contribution is 9.11. The van der Waals surface area contributed by atoms with Crippen molar-refractivity contribution in [3.63, 3.8) is 0 Å². The average Bonchev–Trinajstić information content (AvgIpc) is 1.94. The molecule has 0 unspecified atom stereocenters. The number of phenols is 1. The Bertz CT molecular complexity index is 331. The van der Waals surface area contributed by atoms with E-state index < -0.39 is 0 Å². The van der Waals surface area contributed by atoms with Crippen molar-refractivity contribution in [2.45, 2.75) is 26.2 Å². The zero-order chi connectivity index (χ0) is 10.2. The van der Waals surface area contributed by atoms with Crippen LogP contribution >= 0.6 is 65.8 Å². The quantitative estimate of drug-likeness (QED) is 0.541. The number of rotatable bonds is 0. The van der Waals surface area contributed by atoms with Crippen molar-refractivity contribution >= 4 is 65.8 Å². The molecule has 0 heterocycles. The minimum atomic E-state index is -0.0453. The highest BCUT2D eigenvalue weighted by Crippen LogP contribution is 2.38. The van der Waals surface area contributed by atoms with Crippen LogP contribution in [0.2, 0.25) is 0 Å². The molecule has 1 aromatic rings. The second-order valence-electron chi connectivity index (χ2n) is 4.03. The molecular weight excluding hydrogens is 456 g/mol. The Morgan fingerprint density at radius 1 is 1.07 bits per heavy atom. The Morgan fingerprint density at radius 3 is 1.93 bits per heavy atom. The number of hydrogen-bond acceptors (Lipinski definition) is 1. The van der Waals surface area contributed by atoms with Gasteiger partial charge in [0.1, 0.15) is 5.75 Å². The normalized spacial score (nSPS) is 10.2. The highest BCUT2D eigenvalue weighted by Gasteiger charge is 2.20. The van der Waals surface area contributed by atoms with Gasteiger partial charge in [-0.25, -0.2) is 0 Å². The molecule has 0 radical (unpaired) electrons. The van der Waals surface area contributed by atoms with E-state index in [1.54, 1.807) is 0 Å². The number of phenolic OH excluding ortho intramolecular Hbond substituents is 1. The molecule has 0 aliphatic rings. The minimum absolute atomic E-state index is 0. The van der Waals surface area contributed by atoms with Crippen LogP contribution < -0.4 is 0 Å². The number of halogens is 4. The lowest BCUT2D eigenvalue weighted by Gasteiger charge is -2.21. The minimum Gasteiger partial charge on any atom is -0.506 e. The fourth-order valence-corrected chi connectivity index (χ4v) is 2.36. The summed E-state index contributed by atoms with van der Waals surface area (Å²) < 4.78 is 1.70. The Morgan fingerprint density at radius 2 is 1.53 bits per heavy atom. The monoisotopic (exact) mass is 466 g/mol. The summed E-state index contributed by atoms with van der Waals surface area (Å²) in [6, 6.07) is 3.78. The van der Waals surface area contributed by atoms with E-state index in [0.717, 1.165) is 14.5 Å². The largest absolute Gasteiger partial charge is 0.506 e. The molecule has 0 saturated heterocycles. The summed E-state index contributed by atoms with van der Waals surface area (Å²) in [4.78, 5) is 0. The van der Waals surface area contributed by atoms with Crippen LogP contribution in [0.3, 0.4) is 0 Å². The van der Waals surface area contributed by atoms with E-state index in [0.29, 0.717) is 5.75 Å². The van der Waals surface area contributed by atoms with Crippen molar-refractivity contribution in [2.75, 3.05) is 0 Å². The Balaban J connectivity index is 0. The molecule has 0 aliphatic heterocycles. The summed E-state index contributed by atoms with van der Waals surface area (Å²) in [6.45, 7) is 6.21. The molecule has 0 amide bonds. The summed E-state index contributed by atoms with van der Waals surface area (Å²) in [6.07, 6.45) is 0.